The quantitative estimate of drug-likeness (QED) is 0.153. The van der Waals surface area contributed by atoms with Crippen molar-refractivity contribution in [2.24, 2.45) is 0 Å². The third-order valence-corrected chi connectivity index (χ3v) is 11.1. The van der Waals surface area contributed by atoms with Gasteiger partial charge in [-0.1, -0.05) is 158 Å². The van der Waals surface area contributed by atoms with Crippen molar-refractivity contribution in [1.82, 2.24) is 24.5 Å². The summed E-state index contributed by atoms with van der Waals surface area (Å²) in [5.41, 5.74) is 9.18. The van der Waals surface area contributed by atoms with Crippen LogP contribution in [0.25, 0.3) is 72.6 Å². The van der Waals surface area contributed by atoms with Gasteiger partial charge in [-0.2, -0.15) is 9.97 Å². The Hall–Kier alpha value is -7.70. The van der Waals surface area contributed by atoms with Crippen LogP contribution in [0.1, 0.15) is 22.3 Å². The van der Waals surface area contributed by atoms with Crippen LogP contribution in [0.3, 0.4) is 0 Å². The number of para-hydroxylation sites is 2. The Balaban J connectivity index is 1.13. The minimum absolute atomic E-state index is 0.537. The Morgan fingerprint density at radius 3 is 1.49 bits per heavy atom. The minimum atomic E-state index is -0.572. The van der Waals surface area contributed by atoms with Gasteiger partial charge < -0.3 is 4.42 Å². The van der Waals surface area contributed by atoms with E-state index in [9.17, 15) is 0 Å². The monoisotopic (exact) mass is 731 g/mol. The molecule has 4 aromatic heterocycles. The first-order valence-electron chi connectivity index (χ1n) is 19.1. The second-order valence-corrected chi connectivity index (χ2v) is 14.2. The van der Waals surface area contributed by atoms with E-state index in [4.69, 9.17) is 19.4 Å². The molecule has 6 heteroatoms. The van der Waals surface area contributed by atoms with Crippen molar-refractivity contribution in [1.29, 1.82) is 0 Å². The van der Waals surface area contributed by atoms with E-state index >= 15 is 0 Å². The standard InChI is InChI=1S/C51H33N5O/c1-4-15-36(16-5-1)51(37-17-6-2-7-18-37,38-19-8-3-9-20-38)39-29-26-34(27-30-39)47-53-48(35-28-31-42-43-23-14-32-52-49(43)57-46(42)33-35)55-50(54-47)56-44-24-12-10-21-40(44)41-22-11-13-25-45(41)56/h1-33H. The van der Waals surface area contributed by atoms with Gasteiger partial charge >= 0.3 is 0 Å². The van der Waals surface area contributed by atoms with Gasteiger partial charge in [0.05, 0.1) is 16.4 Å². The van der Waals surface area contributed by atoms with Crippen LogP contribution in [-0.4, -0.2) is 24.5 Å². The maximum absolute atomic E-state index is 6.21. The summed E-state index contributed by atoms with van der Waals surface area (Å²) in [5.74, 6) is 1.65. The van der Waals surface area contributed by atoms with Crippen molar-refractivity contribution < 1.29 is 4.42 Å². The van der Waals surface area contributed by atoms with Crippen LogP contribution >= 0.6 is 0 Å². The molecule has 0 N–H and O–H groups in total. The maximum atomic E-state index is 6.21. The van der Waals surface area contributed by atoms with Crippen molar-refractivity contribution in [3.63, 3.8) is 0 Å². The SMILES string of the molecule is c1ccc(C(c2ccccc2)(c2ccccc2)c2ccc(-c3nc(-c4ccc5c(c4)oc4ncccc45)nc(-n4c5ccccc5c5ccccc54)n3)cc2)cc1. The van der Waals surface area contributed by atoms with Gasteiger partial charge in [-0.3, -0.25) is 4.57 Å². The molecule has 0 saturated carbocycles. The first kappa shape index (κ1) is 32.7. The summed E-state index contributed by atoms with van der Waals surface area (Å²) in [6, 6.07) is 67.8. The number of fused-ring (bicyclic) bond motifs is 6. The highest BCUT2D eigenvalue weighted by molar-refractivity contribution is 6.09. The van der Waals surface area contributed by atoms with Crippen molar-refractivity contribution in [2.75, 3.05) is 0 Å². The smallest absolute Gasteiger partial charge is 0.238 e. The van der Waals surface area contributed by atoms with Crippen LogP contribution < -0.4 is 0 Å². The largest absolute Gasteiger partial charge is 0.438 e. The normalized spacial score (nSPS) is 11.9. The number of hydrogen-bond acceptors (Lipinski definition) is 5. The molecule has 7 aromatic carbocycles. The Labute approximate surface area is 328 Å². The lowest BCUT2D eigenvalue weighted by Gasteiger charge is -2.37. The van der Waals surface area contributed by atoms with Gasteiger partial charge in [-0.15, -0.1) is 0 Å². The molecule has 11 aromatic rings. The van der Waals surface area contributed by atoms with Gasteiger partial charge in [-0.05, 0) is 58.7 Å². The fourth-order valence-electron chi connectivity index (χ4n) is 8.54. The highest BCUT2D eigenvalue weighted by Crippen LogP contribution is 2.45. The molecule has 0 atom stereocenters. The van der Waals surface area contributed by atoms with E-state index in [1.807, 2.05) is 18.2 Å². The van der Waals surface area contributed by atoms with Gasteiger partial charge in [0.25, 0.3) is 0 Å². The van der Waals surface area contributed by atoms with Gasteiger partial charge in [0.2, 0.25) is 11.7 Å². The van der Waals surface area contributed by atoms with Crippen LogP contribution in [0.15, 0.2) is 205 Å². The molecule has 11 rings (SSSR count). The number of furan rings is 1. The Morgan fingerprint density at radius 1 is 0.404 bits per heavy atom. The zero-order valence-electron chi connectivity index (χ0n) is 30.7. The molecule has 0 saturated heterocycles. The first-order chi connectivity index (χ1) is 28.3. The van der Waals surface area contributed by atoms with Gasteiger partial charge in [0, 0.05) is 38.9 Å². The summed E-state index contributed by atoms with van der Waals surface area (Å²) < 4.78 is 8.36. The lowest BCUT2D eigenvalue weighted by atomic mass is 9.65. The van der Waals surface area contributed by atoms with Crippen LogP contribution in [0.4, 0.5) is 0 Å². The number of hydrogen-bond donors (Lipinski definition) is 0. The second kappa shape index (κ2) is 13.3. The molecule has 0 aliphatic rings. The highest BCUT2D eigenvalue weighted by atomic mass is 16.3. The number of benzene rings is 7. The fraction of sp³-hybridized carbons (Fsp3) is 0.0196. The summed E-state index contributed by atoms with van der Waals surface area (Å²) in [6.07, 6.45) is 1.75. The molecule has 0 radical (unpaired) electrons. The third kappa shape index (κ3) is 5.26. The predicted octanol–water partition coefficient (Wildman–Crippen LogP) is 12.0. The van der Waals surface area contributed by atoms with Gasteiger partial charge in [0.1, 0.15) is 5.58 Å². The van der Waals surface area contributed by atoms with Crippen molar-refractivity contribution in [3.8, 4) is 28.7 Å². The van der Waals surface area contributed by atoms with Crippen molar-refractivity contribution in [2.45, 2.75) is 5.41 Å². The van der Waals surface area contributed by atoms with Crippen molar-refractivity contribution in [3.05, 3.63) is 223 Å². The molecule has 6 nitrogen and oxygen atoms in total. The van der Waals surface area contributed by atoms with E-state index in [2.05, 4.69) is 185 Å². The molecule has 57 heavy (non-hydrogen) atoms. The van der Waals surface area contributed by atoms with Gasteiger partial charge in [-0.25, -0.2) is 9.97 Å². The number of pyridine rings is 1. The molecular weight excluding hydrogens is 699 g/mol. The van der Waals surface area contributed by atoms with Crippen LogP contribution in [0.2, 0.25) is 0 Å². The average Bonchev–Trinajstić information content (AvgIpc) is 3.83. The number of rotatable bonds is 7. The number of aromatic nitrogens is 5. The zero-order valence-corrected chi connectivity index (χ0v) is 30.7. The molecular formula is C51H33N5O. The molecule has 0 bridgehead atoms. The second-order valence-electron chi connectivity index (χ2n) is 14.2. The predicted molar refractivity (Wildman–Crippen MR) is 228 cm³/mol. The molecule has 0 aliphatic heterocycles. The molecule has 0 fully saturated rings. The van der Waals surface area contributed by atoms with Crippen LogP contribution in [-0.2, 0) is 5.41 Å². The lowest BCUT2D eigenvalue weighted by Crippen LogP contribution is -2.30. The van der Waals surface area contributed by atoms with E-state index in [-0.39, 0.29) is 0 Å². The van der Waals surface area contributed by atoms with Crippen molar-refractivity contribution >= 4 is 43.9 Å². The first-order valence-corrected chi connectivity index (χ1v) is 19.1. The summed E-state index contributed by atoms with van der Waals surface area (Å²) in [7, 11) is 0. The number of nitrogens with zero attached hydrogens (tertiary/aromatic N) is 5. The summed E-state index contributed by atoms with van der Waals surface area (Å²) >= 11 is 0. The van der Waals surface area contributed by atoms with E-state index in [0.717, 1.165) is 54.9 Å². The lowest BCUT2D eigenvalue weighted by molar-refractivity contribution is 0.654. The third-order valence-electron chi connectivity index (χ3n) is 11.1. The molecule has 0 aliphatic carbocycles. The Morgan fingerprint density at radius 2 is 0.895 bits per heavy atom. The Bertz CT molecular complexity index is 3080. The van der Waals surface area contributed by atoms with Crippen LogP contribution in [0, 0.1) is 0 Å². The fourth-order valence-corrected chi connectivity index (χ4v) is 8.54. The zero-order chi connectivity index (χ0) is 37.8. The summed E-state index contributed by atoms with van der Waals surface area (Å²) in [6.45, 7) is 0. The summed E-state index contributed by atoms with van der Waals surface area (Å²) in [5, 5.41) is 4.24. The molecule has 268 valence electrons. The Kier molecular flexibility index (Phi) is 7.60. The highest BCUT2D eigenvalue weighted by Gasteiger charge is 2.38. The molecule has 0 amide bonds. The molecule has 4 heterocycles. The van der Waals surface area contributed by atoms with E-state index in [0.29, 0.717) is 23.3 Å². The minimum Gasteiger partial charge on any atom is -0.438 e. The average molecular weight is 732 g/mol. The molecule has 0 unspecified atom stereocenters. The van der Waals surface area contributed by atoms with Gasteiger partial charge in [0.15, 0.2) is 11.6 Å². The topological polar surface area (TPSA) is 69.6 Å². The molecule has 0 spiro atoms. The van der Waals surface area contributed by atoms with E-state index in [1.165, 1.54) is 16.7 Å². The maximum Gasteiger partial charge on any atom is 0.238 e. The van der Waals surface area contributed by atoms with E-state index < -0.39 is 5.41 Å². The summed E-state index contributed by atoms with van der Waals surface area (Å²) in [4.78, 5) is 20.1. The van der Waals surface area contributed by atoms with Crippen LogP contribution in [0.5, 0.6) is 0 Å². The van der Waals surface area contributed by atoms with E-state index in [1.54, 1.807) is 6.20 Å².